The minimum Gasteiger partial charge on any atom is -0.388 e. The number of halogens is 3. The topological polar surface area (TPSA) is 46.2 Å². The van der Waals surface area contributed by atoms with Crippen molar-refractivity contribution in [3.8, 4) is 0 Å². The molecule has 0 spiro atoms. The van der Waals surface area contributed by atoms with Crippen LogP contribution in [0.1, 0.15) is 28.7 Å². The predicted octanol–water partition coefficient (Wildman–Crippen LogP) is 4.22. The normalized spacial score (nSPS) is 14.0. The number of aliphatic hydroxyl groups is 1. The Kier molecular flexibility index (Phi) is 5.22. The molecule has 0 aliphatic rings. The number of aryl methyl sites for hydroxylation is 1. The second kappa shape index (κ2) is 6.75. The van der Waals surface area contributed by atoms with Gasteiger partial charge in [-0.05, 0) is 41.8 Å². The van der Waals surface area contributed by atoms with Crippen molar-refractivity contribution >= 4 is 23.2 Å². The fraction of sp³-hybridized carbons (Fsp3) is 0.250. The Labute approximate surface area is 133 Å². The zero-order chi connectivity index (χ0) is 15.6. The number of nitrogens with two attached hydrogens (primary N) is 1. The van der Waals surface area contributed by atoms with E-state index in [4.69, 9.17) is 28.9 Å². The molecular formula is C16H16Cl2FNO. The Bertz CT molecular complexity index is 648. The summed E-state index contributed by atoms with van der Waals surface area (Å²) in [4.78, 5) is 0. The maximum absolute atomic E-state index is 13.3. The molecule has 0 saturated carbocycles. The van der Waals surface area contributed by atoms with Crippen molar-refractivity contribution in [3.05, 3.63) is 69.0 Å². The SMILES string of the molecule is Cc1cc(C(O)C(CN)c2ccc(Cl)cc2Cl)ccc1F. The van der Waals surface area contributed by atoms with E-state index in [1.54, 1.807) is 37.3 Å². The van der Waals surface area contributed by atoms with Gasteiger partial charge in [0.1, 0.15) is 5.82 Å². The molecular weight excluding hydrogens is 312 g/mol. The van der Waals surface area contributed by atoms with Gasteiger partial charge in [0, 0.05) is 22.5 Å². The second-order valence-electron chi connectivity index (χ2n) is 4.96. The molecule has 0 saturated heterocycles. The second-order valence-corrected chi connectivity index (χ2v) is 5.81. The molecule has 0 heterocycles. The molecule has 2 atom stereocenters. The minimum atomic E-state index is -0.868. The summed E-state index contributed by atoms with van der Waals surface area (Å²) >= 11 is 12.1. The highest BCUT2D eigenvalue weighted by Crippen LogP contribution is 2.35. The van der Waals surface area contributed by atoms with E-state index in [1.807, 2.05) is 0 Å². The standard InChI is InChI=1S/C16H16Cl2FNO/c1-9-6-10(2-5-15(9)19)16(21)13(8-20)12-4-3-11(17)7-14(12)18/h2-7,13,16,21H,8,20H2,1H3. The van der Waals surface area contributed by atoms with Crippen molar-refractivity contribution in [2.75, 3.05) is 6.54 Å². The van der Waals surface area contributed by atoms with Gasteiger partial charge in [-0.2, -0.15) is 0 Å². The number of hydrogen-bond acceptors (Lipinski definition) is 2. The first-order valence-electron chi connectivity index (χ1n) is 6.53. The van der Waals surface area contributed by atoms with Gasteiger partial charge >= 0.3 is 0 Å². The minimum absolute atomic E-state index is 0.207. The average molecular weight is 328 g/mol. The van der Waals surface area contributed by atoms with E-state index < -0.39 is 6.10 Å². The van der Waals surface area contributed by atoms with Gasteiger partial charge in [-0.3, -0.25) is 0 Å². The number of aliphatic hydroxyl groups excluding tert-OH is 1. The maximum Gasteiger partial charge on any atom is 0.126 e. The molecule has 2 unspecified atom stereocenters. The molecule has 112 valence electrons. The lowest BCUT2D eigenvalue weighted by molar-refractivity contribution is 0.147. The molecule has 2 aromatic rings. The Morgan fingerprint density at radius 2 is 1.90 bits per heavy atom. The molecule has 0 aliphatic carbocycles. The quantitative estimate of drug-likeness (QED) is 0.883. The van der Waals surface area contributed by atoms with Crippen LogP contribution in [0.3, 0.4) is 0 Å². The van der Waals surface area contributed by atoms with E-state index in [2.05, 4.69) is 0 Å². The number of benzene rings is 2. The predicted molar refractivity (Wildman–Crippen MR) is 84.4 cm³/mol. The van der Waals surface area contributed by atoms with Gasteiger partial charge in [-0.15, -0.1) is 0 Å². The molecule has 0 fully saturated rings. The third-order valence-corrected chi connectivity index (χ3v) is 4.08. The highest BCUT2D eigenvalue weighted by Gasteiger charge is 2.24. The van der Waals surface area contributed by atoms with Crippen molar-refractivity contribution in [1.82, 2.24) is 0 Å². The summed E-state index contributed by atoms with van der Waals surface area (Å²) in [6, 6.07) is 9.58. The fourth-order valence-electron chi connectivity index (χ4n) is 2.31. The van der Waals surface area contributed by atoms with Gasteiger partial charge in [0.25, 0.3) is 0 Å². The first-order chi connectivity index (χ1) is 9.93. The molecule has 5 heteroatoms. The smallest absolute Gasteiger partial charge is 0.126 e. The third kappa shape index (κ3) is 3.55. The van der Waals surface area contributed by atoms with Crippen LogP contribution in [0.4, 0.5) is 4.39 Å². The Morgan fingerprint density at radius 1 is 1.19 bits per heavy atom. The zero-order valence-corrected chi connectivity index (χ0v) is 13.0. The van der Waals surface area contributed by atoms with Crippen LogP contribution in [-0.4, -0.2) is 11.7 Å². The molecule has 0 aromatic heterocycles. The summed E-state index contributed by atoms with van der Waals surface area (Å²) in [5.41, 5.74) is 7.60. The fourth-order valence-corrected chi connectivity index (χ4v) is 2.86. The van der Waals surface area contributed by atoms with E-state index in [0.717, 1.165) is 5.56 Å². The first kappa shape index (κ1) is 16.2. The third-order valence-electron chi connectivity index (χ3n) is 3.52. The summed E-state index contributed by atoms with van der Waals surface area (Å²) in [5.74, 6) is -0.695. The van der Waals surface area contributed by atoms with E-state index >= 15 is 0 Å². The summed E-state index contributed by atoms with van der Waals surface area (Å²) in [7, 11) is 0. The van der Waals surface area contributed by atoms with Crippen LogP contribution < -0.4 is 5.73 Å². The van der Waals surface area contributed by atoms with Gasteiger partial charge in [0.05, 0.1) is 6.10 Å². The summed E-state index contributed by atoms with van der Waals surface area (Å²) in [5, 5.41) is 11.5. The van der Waals surface area contributed by atoms with Gasteiger partial charge in [0.15, 0.2) is 0 Å². The summed E-state index contributed by atoms with van der Waals surface area (Å²) in [6.07, 6.45) is -0.868. The van der Waals surface area contributed by atoms with Crippen molar-refractivity contribution in [2.24, 2.45) is 5.73 Å². The van der Waals surface area contributed by atoms with Crippen LogP contribution in [0, 0.1) is 12.7 Å². The Morgan fingerprint density at radius 3 is 2.48 bits per heavy atom. The Hall–Kier alpha value is -1.13. The van der Waals surface area contributed by atoms with Gasteiger partial charge in [-0.25, -0.2) is 4.39 Å². The van der Waals surface area contributed by atoms with Gasteiger partial charge in [-0.1, -0.05) is 41.4 Å². The molecule has 3 N–H and O–H groups in total. The molecule has 0 bridgehead atoms. The monoisotopic (exact) mass is 327 g/mol. The van der Waals surface area contributed by atoms with E-state index in [-0.39, 0.29) is 18.3 Å². The summed E-state index contributed by atoms with van der Waals surface area (Å²) in [6.45, 7) is 1.86. The van der Waals surface area contributed by atoms with Crippen LogP contribution in [0.25, 0.3) is 0 Å². The van der Waals surface area contributed by atoms with E-state index in [9.17, 15) is 9.50 Å². The molecule has 0 amide bonds. The number of rotatable bonds is 4. The van der Waals surface area contributed by atoms with Crippen LogP contribution in [-0.2, 0) is 0 Å². The molecule has 2 nitrogen and oxygen atoms in total. The van der Waals surface area contributed by atoms with Crippen LogP contribution in [0.2, 0.25) is 10.0 Å². The molecule has 2 aromatic carbocycles. The van der Waals surface area contributed by atoms with Crippen LogP contribution in [0.5, 0.6) is 0 Å². The van der Waals surface area contributed by atoms with Crippen LogP contribution in [0.15, 0.2) is 36.4 Å². The number of hydrogen-bond donors (Lipinski definition) is 2. The van der Waals surface area contributed by atoms with Crippen molar-refractivity contribution in [3.63, 3.8) is 0 Å². The van der Waals surface area contributed by atoms with Crippen LogP contribution >= 0.6 is 23.2 Å². The molecule has 2 rings (SSSR count). The highest BCUT2D eigenvalue weighted by molar-refractivity contribution is 6.35. The van der Waals surface area contributed by atoms with E-state index in [1.165, 1.54) is 6.07 Å². The van der Waals surface area contributed by atoms with Gasteiger partial charge in [0.2, 0.25) is 0 Å². The largest absolute Gasteiger partial charge is 0.388 e. The van der Waals surface area contributed by atoms with Gasteiger partial charge < -0.3 is 10.8 Å². The highest BCUT2D eigenvalue weighted by atomic mass is 35.5. The molecule has 21 heavy (non-hydrogen) atoms. The van der Waals surface area contributed by atoms with E-state index in [0.29, 0.717) is 21.2 Å². The molecule has 0 radical (unpaired) electrons. The average Bonchev–Trinajstić information content (AvgIpc) is 2.44. The lowest BCUT2D eigenvalue weighted by Gasteiger charge is -2.23. The first-order valence-corrected chi connectivity index (χ1v) is 7.28. The van der Waals surface area contributed by atoms with Crippen molar-refractivity contribution in [1.29, 1.82) is 0 Å². The lowest BCUT2D eigenvalue weighted by atomic mass is 9.88. The lowest BCUT2D eigenvalue weighted by Crippen LogP contribution is -2.20. The zero-order valence-electron chi connectivity index (χ0n) is 11.5. The maximum atomic E-state index is 13.3. The van der Waals surface area contributed by atoms with Crippen molar-refractivity contribution in [2.45, 2.75) is 18.9 Å². The summed E-state index contributed by atoms with van der Waals surface area (Å²) < 4.78 is 13.3. The molecule has 0 aliphatic heterocycles. The van der Waals surface area contributed by atoms with Crippen molar-refractivity contribution < 1.29 is 9.50 Å². The Balaban J connectivity index is 2.37.